The molecule has 0 atom stereocenters. The van der Waals surface area contributed by atoms with E-state index in [4.69, 9.17) is 10.2 Å². The average molecular weight is 734 g/mol. The van der Waals surface area contributed by atoms with Gasteiger partial charge >= 0.3 is 0 Å². The van der Waals surface area contributed by atoms with E-state index in [0.717, 1.165) is 56.3 Å². The molecule has 0 fully saturated rings. The molecule has 0 amide bonds. The predicted octanol–water partition coefficient (Wildman–Crippen LogP) is 13.2. The van der Waals surface area contributed by atoms with E-state index < -0.39 is 0 Å². The van der Waals surface area contributed by atoms with Crippen molar-refractivity contribution in [3.05, 3.63) is 188 Å². The second kappa shape index (κ2) is 12.1. The Morgan fingerprint density at radius 3 is 1.70 bits per heavy atom. The number of aromatic nitrogens is 5. The van der Waals surface area contributed by atoms with E-state index in [1.54, 1.807) is 0 Å². The first-order valence-electron chi connectivity index (χ1n) is 18.8. The molecule has 12 rings (SSSR count). The molecule has 0 N–H and O–H groups in total. The van der Waals surface area contributed by atoms with E-state index in [0.29, 0.717) is 0 Å². The third-order valence-corrected chi connectivity index (χ3v) is 12.4. The maximum atomic E-state index is 4.82. The summed E-state index contributed by atoms with van der Waals surface area (Å²) in [4.78, 5) is 0. The summed E-state index contributed by atoms with van der Waals surface area (Å²) in [5.41, 5.74) is 9.98. The molecule has 0 unspecified atom stereocenters. The van der Waals surface area contributed by atoms with Gasteiger partial charge in [0.25, 0.3) is 0 Å². The van der Waals surface area contributed by atoms with Gasteiger partial charge in [-0.05, 0) is 72.8 Å². The Morgan fingerprint density at radius 2 is 0.911 bits per heavy atom. The molecule has 0 radical (unpaired) electrons. The summed E-state index contributed by atoms with van der Waals surface area (Å²) in [5, 5.41) is 17.1. The zero-order chi connectivity index (χ0) is 36.7. The van der Waals surface area contributed by atoms with Crippen LogP contribution in [0.1, 0.15) is 0 Å². The number of benzene rings is 8. The van der Waals surface area contributed by atoms with Gasteiger partial charge in [-0.25, -0.2) is 0 Å². The van der Waals surface area contributed by atoms with E-state index in [9.17, 15) is 0 Å². The first-order chi connectivity index (χ1) is 27.8. The van der Waals surface area contributed by atoms with Crippen LogP contribution in [0, 0.1) is 0 Å². The van der Waals surface area contributed by atoms with Gasteiger partial charge in [-0.1, -0.05) is 115 Å². The molecule has 0 aliphatic rings. The maximum Gasteiger partial charge on any atom is 0.168 e. The van der Waals surface area contributed by atoms with Gasteiger partial charge in [0, 0.05) is 69.9 Å². The Hall–Kier alpha value is -7.28. The molecule has 4 heterocycles. The zero-order valence-electron chi connectivity index (χ0n) is 30.0. The predicted molar refractivity (Wildman–Crippen MR) is 234 cm³/mol. The Kier molecular flexibility index (Phi) is 6.73. The van der Waals surface area contributed by atoms with E-state index >= 15 is 0 Å². The number of rotatable bonds is 5. The minimum absolute atomic E-state index is 0.801. The summed E-state index contributed by atoms with van der Waals surface area (Å²) in [6.07, 6.45) is 0. The lowest BCUT2D eigenvalue weighted by Crippen LogP contribution is -2.00. The number of thiophene rings is 1. The Bertz CT molecular complexity index is 3480. The lowest BCUT2D eigenvalue weighted by molar-refractivity contribution is 1.07. The Morgan fingerprint density at radius 1 is 0.339 bits per heavy atom. The first kappa shape index (κ1) is 31.1. The highest BCUT2D eigenvalue weighted by atomic mass is 32.1. The highest BCUT2D eigenvalue weighted by Gasteiger charge is 2.21. The van der Waals surface area contributed by atoms with Crippen LogP contribution < -0.4 is 0 Å². The molecule has 0 spiro atoms. The van der Waals surface area contributed by atoms with E-state index in [2.05, 4.69) is 177 Å². The summed E-state index contributed by atoms with van der Waals surface area (Å²) < 4.78 is 9.66. The van der Waals surface area contributed by atoms with Gasteiger partial charge in [-0.3, -0.25) is 4.57 Å². The van der Waals surface area contributed by atoms with Crippen molar-refractivity contribution in [2.75, 3.05) is 0 Å². The number of hydrogen-bond donors (Lipinski definition) is 0. The van der Waals surface area contributed by atoms with Gasteiger partial charge in [-0.2, -0.15) is 0 Å². The molecular weight excluding hydrogens is 703 g/mol. The van der Waals surface area contributed by atoms with Crippen LogP contribution in [0.25, 0.3) is 104 Å². The van der Waals surface area contributed by atoms with E-state index in [1.807, 2.05) is 35.6 Å². The number of nitrogens with zero attached hydrogens (tertiary/aromatic N) is 5. The number of fused-ring (bicyclic) bond motifs is 10. The van der Waals surface area contributed by atoms with Crippen molar-refractivity contribution < 1.29 is 0 Å². The molecule has 0 bridgehead atoms. The summed E-state index contributed by atoms with van der Waals surface area (Å²) in [6.45, 7) is 0. The van der Waals surface area contributed by atoms with Crippen LogP contribution in [-0.2, 0) is 0 Å². The monoisotopic (exact) mass is 733 g/mol. The molecule has 0 saturated carbocycles. The molecule has 5 nitrogen and oxygen atoms in total. The molecule has 12 aromatic rings. The van der Waals surface area contributed by atoms with Crippen molar-refractivity contribution in [3.63, 3.8) is 0 Å². The standard InChI is InChI=1S/C50H31N5S/c1-3-14-32(15-4-1)49-51-52-50(55(49)34-16-5-2-6-17-34)33-26-28-44-41(30-33)37-20-7-10-23-42(37)53(44)35-18-13-19-36(31-35)54-43-24-11-8-22-40(43)47-45(54)29-27-39-38-21-9-12-25-46(38)56-48(39)47/h1-31H. The summed E-state index contributed by atoms with van der Waals surface area (Å²) in [6, 6.07) is 67.2. The van der Waals surface area contributed by atoms with Gasteiger partial charge in [0.2, 0.25) is 0 Å². The fraction of sp³-hybridized carbons (Fsp3) is 0. The summed E-state index contributed by atoms with van der Waals surface area (Å²) in [7, 11) is 0. The van der Waals surface area contributed by atoms with Crippen molar-refractivity contribution >= 4 is 75.1 Å². The second-order valence-electron chi connectivity index (χ2n) is 14.3. The zero-order valence-corrected chi connectivity index (χ0v) is 30.9. The third-order valence-electron chi connectivity index (χ3n) is 11.2. The van der Waals surface area contributed by atoms with Crippen molar-refractivity contribution in [2.45, 2.75) is 0 Å². The average Bonchev–Trinajstić information content (AvgIpc) is 4.03. The molecule has 8 aromatic carbocycles. The highest BCUT2D eigenvalue weighted by molar-refractivity contribution is 7.26. The van der Waals surface area contributed by atoms with Gasteiger partial charge in [-0.15, -0.1) is 21.5 Å². The van der Waals surface area contributed by atoms with Gasteiger partial charge in [0.05, 0.1) is 22.1 Å². The van der Waals surface area contributed by atoms with E-state index in [-0.39, 0.29) is 0 Å². The molecule has 0 aliphatic heterocycles. The summed E-state index contributed by atoms with van der Waals surface area (Å²) >= 11 is 1.89. The van der Waals surface area contributed by atoms with Crippen LogP contribution >= 0.6 is 11.3 Å². The maximum absolute atomic E-state index is 4.82. The lowest BCUT2D eigenvalue weighted by atomic mass is 10.1. The van der Waals surface area contributed by atoms with Crippen LogP contribution in [0.2, 0.25) is 0 Å². The Balaban J connectivity index is 1.05. The minimum Gasteiger partial charge on any atom is -0.309 e. The minimum atomic E-state index is 0.801. The highest BCUT2D eigenvalue weighted by Crippen LogP contribution is 2.44. The fourth-order valence-electron chi connectivity index (χ4n) is 8.74. The molecule has 0 saturated heterocycles. The van der Waals surface area contributed by atoms with Crippen LogP contribution in [0.3, 0.4) is 0 Å². The molecular formula is C50H31N5S. The molecule has 262 valence electrons. The first-order valence-corrected chi connectivity index (χ1v) is 19.7. The van der Waals surface area contributed by atoms with Crippen molar-refractivity contribution in [2.24, 2.45) is 0 Å². The number of para-hydroxylation sites is 3. The van der Waals surface area contributed by atoms with Crippen LogP contribution in [0.5, 0.6) is 0 Å². The van der Waals surface area contributed by atoms with Crippen LogP contribution in [-0.4, -0.2) is 23.9 Å². The summed E-state index contributed by atoms with van der Waals surface area (Å²) in [5.74, 6) is 1.61. The SMILES string of the molecule is c1ccc(-c2nnc(-c3ccc4c(c3)c3ccccc3n4-c3cccc(-n4c5ccccc5c5c6sc7ccccc7c6ccc54)c3)n2-c2ccccc2)cc1. The van der Waals surface area contributed by atoms with Gasteiger partial charge < -0.3 is 9.13 Å². The second-order valence-corrected chi connectivity index (χ2v) is 15.3. The van der Waals surface area contributed by atoms with Crippen molar-refractivity contribution in [1.82, 2.24) is 23.9 Å². The molecule has 6 heteroatoms. The molecule has 0 aliphatic carbocycles. The van der Waals surface area contributed by atoms with Crippen LogP contribution in [0.15, 0.2) is 188 Å². The fourth-order valence-corrected chi connectivity index (χ4v) is 10.0. The van der Waals surface area contributed by atoms with Crippen LogP contribution in [0.4, 0.5) is 0 Å². The van der Waals surface area contributed by atoms with Crippen molar-refractivity contribution in [3.8, 4) is 39.8 Å². The Labute approximate surface area is 325 Å². The number of hydrogen-bond acceptors (Lipinski definition) is 3. The topological polar surface area (TPSA) is 40.6 Å². The largest absolute Gasteiger partial charge is 0.309 e. The van der Waals surface area contributed by atoms with Gasteiger partial charge in [0.15, 0.2) is 11.6 Å². The smallest absolute Gasteiger partial charge is 0.168 e. The van der Waals surface area contributed by atoms with Gasteiger partial charge in [0.1, 0.15) is 0 Å². The molecule has 4 aromatic heterocycles. The third kappa shape index (κ3) is 4.54. The molecule has 56 heavy (non-hydrogen) atoms. The van der Waals surface area contributed by atoms with Crippen molar-refractivity contribution in [1.29, 1.82) is 0 Å². The normalized spacial score (nSPS) is 11.9. The quantitative estimate of drug-likeness (QED) is 0.177. The lowest BCUT2D eigenvalue weighted by Gasteiger charge is -2.13. The van der Waals surface area contributed by atoms with E-state index in [1.165, 1.54) is 47.4 Å².